The molecule has 1 unspecified atom stereocenters. The van der Waals surface area contributed by atoms with Crippen molar-refractivity contribution in [3.8, 4) is 0 Å². The molecule has 0 aliphatic heterocycles. The van der Waals surface area contributed by atoms with E-state index in [1.54, 1.807) is 0 Å². The molecular formula is C23H27N3O. The van der Waals surface area contributed by atoms with Gasteiger partial charge in [-0.1, -0.05) is 44.2 Å². The summed E-state index contributed by atoms with van der Waals surface area (Å²) in [6.07, 6.45) is 4.81. The maximum Gasteiger partial charge on any atom is 0.225 e. The lowest BCUT2D eigenvalue weighted by atomic mass is 10.0. The van der Waals surface area contributed by atoms with Crippen LogP contribution in [-0.2, 0) is 24.1 Å². The minimum absolute atomic E-state index is 0.0547. The van der Waals surface area contributed by atoms with Crippen LogP contribution in [0.4, 0.5) is 0 Å². The Labute approximate surface area is 160 Å². The van der Waals surface area contributed by atoms with Gasteiger partial charge in [0.2, 0.25) is 5.91 Å². The molecule has 4 nitrogen and oxygen atoms in total. The average Bonchev–Trinajstić information content (AvgIpc) is 3.26. The topological polar surface area (TPSA) is 57.8 Å². The molecule has 1 heterocycles. The molecule has 1 aliphatic carbocycles. The number of amides is 1. The number of hydrogen-bond acceptors (Lipinski definition) is 2. The highest BCUT2D eigenvalue weighted by molar-refractivity contribution is 5.79. The van der Waals surface area contributed by atoms with Crippen molar-refractivity contribution in [3.63, 3.8) is 0 Å². The largest absolute Gasteiger partial charge is 0.346 e. The molecule has 1 aromatic heterocycles. The Morgan fingerprint density at radius 3 is 2.78 bits per heavy atom. The van der Waals surface area contributed by atoms with Crippen LogP contribution < -0.4 is 5.32 Å². The molecule has 0 radical (unpaired) electrons. The van der Waals surface area contributed by atoms with Crippen molar-refractivity contribution in [1.82, 2.24) is 15.3 Å². The third-order valence-electron chi connectivity index (χ3n) is 5.31. The van der Waals surface area contributed by atoms with Crippen LogP contribution in [0.2, 0.25) is 0 Å². The molecule has 4 heteroatoms. The predicted molar refractivity (Wildman–Crippen MR) is 109 cm³/mol. The molecule has 27 heavy (non-hydrogen) atoms. The maximum absolute atomic E-state index is 12.7. The molecule has 0 fully saturated rings. The Hall–Kier alpha value is -2.62. The normalized spacial score (nSPS) is 14.5. The highest BCUT2D eigenvalue weighted by Gasteiger charge is 2.20. The number of carbonyl (C=O) groups excluding carboxylic acids is 1. The predicted octanol–water partition coefficient (Wildman–Crippen LogP) is 4.50. The van der Waals surface area contributed by atoms with Gasteiger partial charge >= 0.3 is 0 Å². The standard InChI is InChI=1S/C23H27N3O/c1-15(2)12-21(23-25-19-8-3-4-9-20(19)26-23)24-22(27)14-16-10-11-17-6-5-7-18(17)13-16/h3-4,8-11,13,15,21H,5-7,12,14H2,1-2H3,(H,24,27)(H,25,26). The highest BCUT2D eigenvalue weighted by atomic mass is 16.1. The van der Waals surface area contributed by atoms with E-state index in [-0.39, 0.29) is 11.9 Å². The maximum atomic E-state index is 12.7. The number of carbonyl (C=O) groups is 1. The first-order valence-electron chi connectivity index (χ1n) is 9.93. The van der Waals surface area contributed by atoms with Crippen molar-refractivity contribution in [1.29, 1.82) is 0 Å². The molecule has 2 N–H and O–H groups in total. The van der Waals surface area contributed by atoms with E-state index in [4.69, 9.17) is 4.98 Å². The first-order chi connectivity index (χ1) is 13.1. The van der Waals surface area contributed by atoms with Gasteiger partial charge < -0.3 is 10.3 Å². The van der Waals surface area contributed by atoms with E-state index < -0.39 is 0 Å². The minimum Gasteiger partial charge on any atom is -0.346 e. The zero-order chi connectivity index (χ0) is 18.8. The molecule has 1 aliphatic rings. The fraction of sp³-hybridized carbons (Fsp3) is 0.391. The van der Waals surface area contributed by atoms with Gasteiger partial charge in [0.05, 0.1) is 23.5 Å². The smallest absolute Gasteiger partial charge is 0.225 e. The van der Waals surface area contributed by atoms with Crippen molar-refractivity contribution >= 4 is 16.9 Å². The number of nitrogens with one attached hydrogen (secondary N) is 2. The van der Waals surface area contributed by atoms with Crippen LogP contribution in [0.25, 0.3) is 11.0 Å². The fourth-order valence-electron chi connectivity index (χ4n) is 4.01. The summed E-state index contributed by atoms with van der Waals surface area (Å²) in [6, 6.07) is 14.4. The van der Waals surface area contributed by atoms with Gasteiger partial charge in [-0.15, -0.1) is 0 Å². The first-order valence-corrected chi connectivity index (χ1v) is 9.93. The molecule has 2 aromatic carbocycles. The molecule has 0 saturated heterocycles. The van der Waals surface area contributed by atoms with Gasteiger partial charge in [-0.25, -0.2) is 4.98 Å². The number of rotatable bonds is 6. The second-order valence-corrected chi connectivity index (χ2v) is 8.02. The summed E-state index contributed by atoms with van der Waals surface area (Å²) < 4.78 is 0. The summed E-state index contributed by atoms with van der Waals surface area (Å²) in [5.74, 6) is 1.36. The van der Waals surface area contributed by atoms with Crippen LogP contribution in [0.1, 0.15) is 55.2 Å². The number of H-pyrrole nitrogens is 1. The SMILES string of the molecule is CC(C)CC(NC(=O)Cc1ccc2c(c1)CCC2)c1nc2ccccc2[nH]1. The summed E-state index contributed by atoms with van der Waals surface area (Å²) in [5.41, 5.74) is 5.90. The fourth-order valence-corrected chi connectivity index (χ4v) is 4.01. The van der Waals surface area contributed by atoms with Crippen LogP contribution in [0, 0.1) is 5.92 Å². The van der Waals surface area contributed by atoms with Gasteiger partial charge in [-0.2, -0.15) is 0 Å². The number of benzene rings is 2. The Morgan fingerprint density at radius 1 is 1.15 bits per heavy atom. The van der Waals surface area contributed by atoms with Crippen molar-refractivity contribution in [2.75, 3.05) is 0 Å². The average molecular weight is 361 g/mol. The number of aryl methyl sites for hydroxylation is 2. The third kappa shape index (κ3) is 4.05. The molecule has 0 spiro atoms. The number of aromatic nitrogens is 2. The summed E-state index contributed by atoms with van der Waals surface area (Å²) in [5, 5.41) is 3.21. The van der Waals surface area contributed by atoms with E-state index in [9.17, 15) is 4.79 Å². The van der Waals surface area contributed by atoms with Crippen molar-refractivity contribution in [3.05, 3.63) is 65.0 Å². The van der Waals surface area contributed by atoms with E-state index in [1.807, 2.05) is 24.3 Å². The van der Waals surface area contributed by atoms with Crippen LogP contribution in [0.5, 0.6) is 0 Å². The van der Waals surface area contributed by atoms with Gasteiger partial charge in [-0.05, 0) is 60.4 Å². The van der Waals surface area contributed by atoms with E-state index in [0.29, 0.717) is 12.3 Å². The Bertz CT molecular complexity index is 924. The third-order valence-corrected chi connectivity index (χ3v) is 5.31. The molecule has 1 amide bonds. The van der Waals surface area contributed by atoms with Crippen LogP contribution in [0.15, 0.2) is 42.5 Å². The first kappa shape index (κ1) is 17.8. The summed E-state index contributed by atoms with van der Waals surface area (Å²) >= 11 is 0. The van der Waals surface area contributed by atoms with E-state index >= 15 is 0 Å². The minimum atomic E-state index is -0.0978. The van der Waals surface area contributed by atoms with Crippen molar-refractivity contribution < 1.29 is 4.79 Å². The molecule has 140 valence electrons. The number of para-hydroxylation sites is 2. The summed E-state index contributed by atoms with van der Waals surface area (Å²) in [4.78, 5) is 20.8. The van der Waals surface area contributed by atoms with Gasteiger partial charge in [0.15, 0.2) is 0 Å². The van der Waals surface area contributed by atoms with E-state index in [2.05, 4.69) is 42.3 Å². The number of fused-ring (bicyclic) bond motifs is 2. The van der Waals surface area contributed by atoms with E-state index in [1.165, 1.54) is 24.0 Å². The summed E-state index contributed by atoms with van der Waals surface area (Å²) in [7, 11) is 0. The van der Waals surface area contributed by atoms with Gasteiger partial charge in [0.1, 0.15) is 5.82 Å². The van der Waals surface area contributed by atoms with Crippen LogP contribution in [0.3, 0.4) is 0 Å². The zero-order valence-electron chi connectivity index (χ0n) is 16.1. The molecular weight excluding hydrogens is 334 g/mol. The molecule has 4 rings (SSSR count). The van der Waals surface area contributed by atoms with Crippen LogP contribution in [-0.4, -0.2) is 15.9 Å². The lowest BCUT2D eigenvalue weighted by Gasteiger charge is -2.19. The van der Waals surface area contributed by atoms with E-state index in [0.717, 1.165) is 35.3 Å². The van der Waals surface area contributed by atoms with Gasteiger partial charge in [0.25, 0.3) is 0 Å². The lowest BCUT2D eigenvalue weighted by Crippen LogP contribution is -2.31. The van der Waals surface area contributed by atoms with Gasteiger partial charge in [-0.3, -0.25) is 4.79 Å². The number of imidazole rings is 1. The second kappa shape index (κ2) is 7.55. The second-order valence-electron chi connectivity index (χ2n) is 8.02. The Kier molecular flexibility index (Phi) is 4.97. The summed E-state index contributed by atoms with van der Waals surface area (Å²) in [6.45, 7) is 4.34. The molecule has 1 atom stereocenters. The van der Waals surface area contributed by atoms with Crippen LogP contribution >= 0.6 is 0 Å². The molecule has 3 aromatic rings. The number of nitrogens with zero attached hydrogens (tertiary/aromatic N) is 1. The number of aromatic amines is 1. The molecule has 0 saturated carbocycles. The van der Waals surface area contributed by atoms with Gasteiger partial charge in [0, 0.05) is 0 Å². The monoisotopic (exact) mass is 361 g/mol. The number of hydrogen-bond donors (Lipinski definition) is 2. The quantitative estimate of drug-likeness (QED) is 0.679. The highest BCUT2D eigenvalue weighted by Crippen LogP contribution is 2.24. The molecule has 0 bridgehead atoms. The Balaban J connectivity index is 1.50. The lowest BCUT2D eigenvalue weighted by molar-refractivity contribution is -0.121. The Morgan fingerprint density at radius 2 is 1.96 bits per heavy atom. The van der Waals surface area contributed by atoms with Crippen molar-refractivity contribution in [2.45, 2.75) is 52.0 Å². The van der Waals surface area contributed by atoms with Crippen molar-refractivity contribution in [2.24, 2.45) is 5.92 Å². The zero-order valence-corrected chi connectivity index (χ0v) is 16.1.